The predicted octanol–water partition coefficient (Wildman–Crippen LogP) is 3.83. The van der Waals surface area contributed by atoms with Crippen LogP contribution < -0.4 is 10.6 Å². The number of nitrogens with one attached hydrogen (secondary N) is 2. The number of amides is 3. The topological polar surface area (TPSA) is 78.5 Å². The van der Waals surface area contributed by atoms with Crippen molar-refractivity contribution in [3.8, 4) is 0 Å². The number of carbonyl (C=O) groups is 3. The molecule has 3 amide bonds. The Kier molecular flexibility index (Phi) is 5.54. The molecule has 1 fully saturated rings. The highest BCUT2D eigenvalue weighted by atomic mass is 16.2. The lowest BCUT2D eigenvalue weighted by Gasteiger charge is -2.24. The van der Waals surface area contributed by atoms with Gasteiger partial charge in [-0.25, -0.2) is 4.79 Å². The van der Waals surface area contributed by atoms with Gasteiger partial charge < -0.3 is 15.5 Å². The van der Waals surface area contributed by atoms with Crippen LogP contribution >= 0.6 is 0 Å². The van der Waals surface area contributed by atoms with Gasteiger partial charge in [0.05, 0.1) is 0 Å². The first-order chi connectivity index (χ1) is 12.9. The zero-order valence-corrected chi connectivity index (χ0v) is 15.5. The van der Waals surface area contributed by atoms with Gasteiger partial charge in [0.2, 0.25) is 5.91 Å². The molecule has 1 aliphatic heterocycles. The van der Waals surface area contributed by atoms with Crippen molar-refractivity contribution in [1.29, 1.82) is 0 Å². The van der Waals surface area contributed by atoms with Crippen molar-refractivity contribution in [1.82, 2.24) is 4.90 Å². The number of benzene rings is 2. The van der Waals surface area contributed by atoms with Crippen LogP contribution in [0.15, 0.2) is 48.5 Å². The number of rotatable bonds is 4. The maximum absolute atomic E-state index is 12.7. The minimum atomic E-state index is -0.512. The van der Waals surface area contributed by atoms with Crippen molar-refractivity contribution in [2.24, 2.45) is 0 Å². The first kappa shape index (κ1) is 18.6. The zero-order valence-electron chi connectivity index (χ0n) is 15.5. The van der Waals surface area contributed by atoms with E-state index in [1.54, 1.807) is 29.2 Å². The summed E-state index contributed by atoms with van der Waals surface area (Å²) < 4.78 is 0. The molecule has 6 nitrogen and oxygen atoms in total. The number of Topliss-reactive ketones (excluding diaryl/α,β-unsaturated/α-hetero) is 1. The monoisotopic (exact) mass is 365 g/mol. The number of likely N-dealkylation sites (tertiary alicyclic amines) is 1. The molecule has 1 heterocycles. The summed E-state index contributed by atoms with van der Waals surface area (Å²) in [6.45, 7) is 3.96. The lowest BCUT2D eigenvalue weighted by molar-refractivity contribution is -0.119. The fraction of sp³-hybridized carbons (Fsp3) is 0.286. The first-order valence-corrected chi connectivity index (χ1v) is 9.00. The van der Waals surface area contributed by atoms with Gasteiger partial charge in [-0.2, -0.15) is 0 Å². The average Bonchev–Trinajstić information content (AvgIpc) is 3.12. The molecular weight excluding hydrogens is 342 g/mol. The predicted molar refractivity (Wildman–Crippen MR) is 105 cm³/mol. The van der Waals surface area contributed by atoms with Crippen LogP contribution in [-0.4, -0.2) is 35.2 Å². The highest BCUT2D eigenvalue weighted by Gasteiger charge is 2.34. The molecule has 1 atom stereocenters. The third kappa shape index (κ3) is 4.53. The molecule has 0 aliphatic carbocycles. The standard InChI is InChI=1S/C21H23N3O3/c1-14-6-3-8-17(12-14)22-20(26)19-10-5-11-24(19)21(27)23-18-9-4-7-16(13-18)15(2)25/h3-4,6-9,12-13,19H,5,10-11H2,1-2H3,(H,22,26)(H,23,27). The van der Waals surface area contributed by atoms with Crippen molar-refractivity contribution in [3.05, 3.63) is 59.7 Å². The number of hydrogen-bond acceptors (Lipinski definition) is 3. The van der Waals surface area contributed by atoms with Crippen molar-refractivity contribution in [2.75, 3.05) is 17.2 Å². The molecule has 0 saturated carbocycles. The van der Waals surface area contributed by atoms with Crippen LogP contribution in [0, 0.1) is 6.92 Å². The molecule has 1 aliphatic rings. The number of anilines is 2. The Bertz CT molecular complexity index is 878. The van der Waals surface area contributed by atoms with Gasteiger partial charge in [0.1, 0.15) is 6.04 Å². The number of carbonyl (C=O) groups excluding carboxylic acids is 3. The maximum Gasteiger partial charge on any atom is 0.322 e. The highest BCUT2D eigenvalue weighted by Crippen LogP contribution is 2.21. The van der Waals surface area contributed by atoms with Crippen LogP contribution in [0.2, 0.25) is 0 Å². The normalized spacial score (nSPS) is 16.1. The average molecular weight is 365 g/mol. The van der Waals surface area contributed by atoms with Gasteiger partial charge in [0.25, 0.3) is 0 Å². The highest BCUT2D eigenvalue weighted by molar-refractivity contribution is 6.00. The molecule has 0 radical (unpaired) electrons. The molecule has 0 bridgehead atoms. The Labute approximate surface area is 158 Å². The Morgan fingerprint density at radius 1 is 1.00 bits per heavy atom. The van der Waals surface area contributed by atoms with Crippen LogP contribution in [0.5, 0.6) is 0 Å². The third-order valence-corrected chi connectivity index (χ3v) is 4.62. The molecule has 0 aromatic heterocycles. The van der Waals surface area contributed by atoms with E-state index in [1.807, 2.05) is 31.2 Å². The first-order valence-electron chi connectivity index (χ1n) is 9.00. The van der Waals surface area contributed by atoms with Crippen LogP contribution in [-0.2, 0) is 4.79 Å². The fourth-order valence-electron chi connectivity index (χ4n) is 3.24. The molecular formula is C21H23N3O3. The second kappa shape index (κ2) is 8.03. The maximum atomic E-state index is 12.7. The number of ketones is 1. The van der Waals surface area contributed by atoms with E-state index < -0.39 is 6.04 Å². The molecule has 3 rings (SSSR count). The van der Waals surface area contributed by atoms with Gasteiger partial charge in [-0.3, -0.25) is 9.59 Å². The summed E-state index contributed by atoms with van der Waals surface area (Å²) in [7, 11) is 0. The summed E-state index contributed by atoms with van der Waals surface area (Å²) in [4.78, 5) is 38.4. The van der Waals surface area contributed by atoms with E-state index in [0.717, 1.165) is 17.7 Å². The van der Waals surface area contributed by atoms with Gasteiger partial charge >= 0.3 is 6.03 Å². The molecule has 1 saturated heterocycles. The zero-order chi connectivity index (χ0) is 19.4. The minimum Gasteiger partial charge on any atom is -0.324 e. The number of hydrogen-bond donors (Lipinski definition) is 2. The number of aryl methyl sites for hydroxylation is 1. The second-order valence-corrected chi connectivity index (χ2v) is 6.78. The van der Waals surface area contributed by atoms with Gasteiger partial charge in [0.15, 0.2) is 5.78 Å². The van der Waals surface area contributed by atoms with E-state index >= 15 is 0 Å². The lowest BCUT2D eigenvalue weighted by atomic mass is 10.1. The van der Waals surface area contributed by atoms with E-state index in [0.29, 0.717) is 24.2 Å². The molecule has 6 heteroatoms. The summed E-state index contributed by atoms with van der Waals surface area (Å²) in [5.74, 6) is -0.256. The van der Waals surface area contributed by atoms with Crippen molar-refractivity contribution in [2.45, 2.75) is 32.7 Å². The minimum absolute atomic E-state index is 0.0670. The van der Waals surface area contributed by atoms with Crippen LogP contribution in [0.25, 0.3) is 0 Å². The number of nitrogens with zero attached hydrogens (tertiary/aromatic N) is 1. The van der Waals surface area contributed by atoms with Gasteiger partial charge in [0, 0.05) is 23.5 Å². The SMILES string of the molecule is CC(=O)c1cccc(NC(=O)N2CCCC2C(=O)Nc2cccc(C)c2)c1. The molecule has 2 N–H and O–H groups in total. The fourth-order valence-corrected chi connectivity index (χ4v) is 3.24. The van der Waals surface area contributed by atoms with E-state index in [-0.39, 0.29) is 17.7 Å². The van der Waals surface area contributed by atoms with E-state index in [2.05, 4.69) is 10.6 Å². The summed E-state index contributed by atoms with van der Waals surface area (Å²) in [6, 6.07) is 13.5. The molecule has 2 aromatic carbocycles. The Balaban J connectivity index is 1.68. The second-order valence-electron chi connectivity index (χ2n) is 6.78. The van der Waals surface area contributed by atoms with Crippen molar-refractivity contribution < 1.29 is 14.4 Å². The van der Waals surface area contributed by atoms with Crippen LogP contribution in [0.3, 0.4) is 0 Å². The largest absolute Gasteiger partial charge is 0.324 e. The Morgan fingerprint density at radius 3 is 2.41 bits per heavy atom. The molecule has 27 heavy (non-hydrogen) atoms. The van der Waals surface area contributed by atoms with E-state index in [1.165, 1.54) is 6.92 Å². The van der Waals surface area contributed by atoms with Crippen LogP contribution in [0.4, 0.5) is 16.2 Å². The smallest absolute Gasteiger partial charge is 0.322 e. The van der Waals surface area contributed by atoms with E-state index in [9.17, 15) is 14.4 Å². The Hall–Kier alpha value is -3.15. The van der Waals surface area contributed by atoms with Gasteiger partial charge in [-0.15, -0.1) is 0 Å². The van der Waals surface area contributed by atoms with Gasteiger partial charge in [-0.1, -0.05) is 24.3 Å². The van der Waals surface area contributed by atoms with E-state index in [4.69, 9.17) is 0 Å². The summed E-state index contributed by atoms with van der Waals surface area (Å²) in [5, 5.41) is 5.68. The summed E-state index contributed by atoms with van der Waals surface area (Å²) in [6.07, 6.45) is 1.39. The molecule has 140 valence electrons. The third-order valence-electron chi connectivity index (χ3n) is 4.62. The molecule has 0 spiro atoms. The number of urea groups is 1. The molecule has 1 unspecified atom stereocenters. The van der Waals surface area contributed by atoms with Crippen LogP contribution in [0.1, 0.15) is 35.7 Å². The summed E-state index contributed by atoms with van der Waals surface area (Å²) in [5.41, 5.74) is 2.85. The summed E-state index contributed by atoms with van der Waals surface area (Å²) >= 11 is 0. The van der Waals surface area contributed by atoms with Crippen molar-refractivity contribution in [3.63, 3.8) is 0 Å². The Morgan fingerprint density at radius 2 is 1.70 bits per heavy atom. The van der Waals surface area contributed by atoms with Crippen molar-refractivity contribution >= 4 is 29.1 Å². The quantitative estimate of drug-likeness (QED) is 0.808. The molecule has 2 aromatic rings. The van der Waals surface area contributed by atoms with Gasteiger partial charge in [-0.05, 0) is 56.5 Å². The lowest BCUT2D eigenvalue weighted by Crippen LogP contribution is -2.45.